The number of hydrogen-bond donors (Lipinski definition) is 1. The molecule has 1 amide bonds. The maximum Gasteiger partial charge on any atom is 0.435 e. The molecule has 1 saturated carbocycles. The van der Waals surface area contributed by atoms with Crippen molar-refractivity contribution in [3.63, 3.8) is 0 Å². The van der Waals surface area contributed by atoms with Crippen molar-refractivity contribution in [1.29, 1.82) is 0 Å². The maximum atomic E-state index is 13.7. The quantitative estimate of drug-likeness (QED) is 0.627. The molecule has 2 aromatic rings. The number of fused-ring (bicyclic) bond motifs is 1. The van der Waals surface area contributed by atoms with E-state index in [0.29, 0.717) is 19.8 Å². The van der Waals surface area contributed by atoms with Crippen LogP contribution in [0.15, 0.2) is 18.3 Å². The number of alkyl halides is 5. The zero-order chi connectivity index (χ0) is 23.1. The molecular formula is C22H26F5N3O2. The second-order valence-corrected chi connectivity index (χ2v) is 9.08. The lowest BCUT2D eigenvalue weighted by molar-refractivity contribution is -0.141. The number of rotatable bonds is 6. The van der Waals surface area contributed by atoms with Crippen LogP contribution in [0.2, 0.25) is 0 Å². The molecule has 0 spiro atoms. The molecule has 2 fully saturated rings. The lowest BCUT2D eigenvalue weighted by Crippen LogP contribution is -2.50. The number of halogens is 5. The van der Waals surface area contributed by atoms with Crippen molar-refractivity contribution in [1.82, 2.24) is 14.7 Å². The third-order valence-corrected chi connectivity index (χ3v) is 6.76. The van der Waals surface area contributed by atoms with Crippen molar-refractivity contribution < 1.29 is 31.5 Å². The van der Waals surface area contributed by atoms with Crippen molar-refractivity contribution >= 4 is 11.6 Å². The Hall–Kier alpha value is -2.23. The highest BCUT2D eigenvalue weighted by molar-refractivity contribution is 5.95. The number of aromatic nitrogens is 2. The maximum absolute atomic E-state index is 13.7. The Morgan fingerprint density at radius 1 is 1.28 bits per heavy atom. The zero-order valence-corrected chi connectivity index (χ0v) is 17.8. The zero-order valence-electron chi connectivity index (χ0n) is 17.8. The lowest BCUT2D eigenvalue weighted by Gasteiger charge is -2.40. The summed E-state index contributed by atoms with van der Waals surface area (Å²) in [4.78, 5) is 16.3. The lowest BCUT2D eigenvalue weighted by atomic mass is 9.83. The van der Waals surface area contributed by atoms with Crippen LogP contribution in [0, 0.1) is 11.3 Å². The summed E-state index contributed by atoms with van der Waals surface area (Å²) >= 11 is 0. The van der Waals surface area contributed by atoms with Gasteiger partial charge in [-0.25, -0.2) is 13.8 Å². The molecule has 0 radical (unpaired) electrons. The van der Waals surface area contributed by atoms with Crippen LogP contribution < -0.4 is 5.32 Å². The Morgan fingerprint density at radius 3 is 2.53 bits per heavy atom. The van der Waals surface area contributed by atoms with Gasteiger partial charge >= 0.3 is 6.18 Å². The number of nitrogens with one attached hydrogen (secondary N) is 1. The minimum absolute atomic E-state index is 0.0106. The van der Waals surface area contributed by atoms with Gasteiger partial charge in [-0.3, -0.25) is 4.79 Å². The van der Waals surface area contributed by atoms with E-state index < -0.39 is 17.8 Å². The van der Waals surface area contributed by atoms with E-state index in [1.54, 1.807) is 0 Å². The van der Waals surface area contributed by atoms with Crippen molar-refractivity contribution in [3.05, 3.63) is 35.3 Å². The third-order valence-electron chi connectivity index (χ3n) is 6.76. The van der Waals surface area contributed by atoms with Gasteiger partial charge in [-0.15, -0.1) is 0 Å². The van der Waals surface area contributed by atoms with Gasteiger partial charge in [-0.05, 0) is 43.7 Å². The van der Waals surface area contributed by atoms with E-state index in [2.05, 4.69) is 10.3 Å². The minimum atomic E-state index is -4.68. The van der Waals surface area contributed by atoms with Crippen LogP contribution in [-0.2, 0) is 17.3 Å². The normalized spacial score (nSPS) is 20.8. The van der Waals surface area contributed by atoms with Crippen molar-refractivity contribution in [3.8, 4) is 0 Å². The summed E-state index contributed by atoms with van der Waals surface area (Å²) in [5.74, 6) is -3.40. The van der Waals surface area contributed by atoms with E-state index in [1.165, 1.54) is 22.7 Å². The van der Waals surface area contributed by atoms with Gasteiger partial charge in [0.2, 0.25) is 5.92 Å². The second kappa shape index (κ2) is 8.28. The molecule has 2 aliphatic rings. The highest BCUT2D eigenvalue weighted by atomic mass is 19.4. The minimum Gasteiger partial charge on any atom is -0.380 e. The molecule has 1 N–H and O–H groups in total. The standard InChI is InChI=1S/C22H26F5N3O2/c1-2-20(12-32-13-20)11-28-19(31)15-5-8-30-16(9-14-3-6-21(23,24)7-4-14)18(22(25,26)27)29-17(30)10-15/h5,8,10,14H,2-4,6-7,9,11-13H2,1H3,(H,28,31). The van der Waals surface area contributed by atoms with Crippen molar-refractivity contribution in [2.45, 2.75) is 57.5 Å². The Bertz CT molecular complexity index is 982. The Balaban J connectivity index is 1.56. The van der Waals surface area contributed by atoms with Crippen molar-refractivity contribution in [2.24, 2.45) is 11.3 Å². The van der Waals surface area contributed by atoms with Gasteiger partial charge in [0.1, 0.15) is 5.65 Å². The molecule has 0 unspecified atom stereocenters. The molecule has 4 rings (SSSR count). The first-order valence-corrected chi connectivity index (χ1v) is 10.8. The van der Waals surface area contributed by atoms with E-state index >= 15 is 0 Å². The van der Waals surface area contributed by atoms with Crippen LogP contribution in [0.3, 0.4) is 0 Å². The predicted molar refractivity (Wildman–Crippen MR) is 107 cm³/mol. The Labute approximate surface area is 182 Å². The van der Waals surface area contributed by atoms with Gasteiger partial charge in [-0.1, -0.05) is 6.92 Å². The van der Waals surface area contributed by atoms with Crippen LogP contribution in [-0.4, -0.2) is 41.0 Å². The van der Waals surface area contributed by atoms with E-state index in [9.17, 15) is 26.7 Å². The van der Waals surface area contributed by atoms with E-state index in [4.69, 9.17) is 4.74 Å². The van der Waals surface area contributed by atoms with Gasteiger partial charge in [0.15, 0.2) is 5.69 Å². The van der Waals surface area contributed by atoms with Gasteiger partial charge < -0.3 is 14.5 Å². The average Bonchev–Trinajstić information content (AvgIpc) is 3.07. The fourth-order valence-corrected chi connectivity index (χ4v) is 4.43. The number of carbonyl (C=O) groups excluding carboxylic acids is 1. The predicted octanol–water partition coefficient (Wildman–Crippen LogP) is 4.88. The van der Waals surface area contributed by atoms with E-state index in [-0.39, 0.29) is 66.2 Å². The highest BCUT2D eigenvalue weighted by Gasteiger charge is 2.41. The fourth-order valence-electron chi connectivity index (χ4n) is 4.43. The molecule has 0 aromatic carbocycles. The molecule has 2 aromatic heterocycles. The first kappa shape index (κ1) is 22.9. The molecule has 3 heterocycles. The fraction of sp³-hybridized carbons (Fsp3) is 0.636. The third kappa shape index (κ3) is 4.60. The van der Waals surface area contributed by atoms with E-state index in [1.807, 2.05) is 6.92 Å². The van der Waals surface area contributed by atoms with Gasteiger partial charge in [0, 0.05) is 36.6 Å². The molecule has 0 bridgehead atoms. The van der Waals surface area contributed by atoms with Crippen LogP contribution >= 0.6 is 0 Å². The number of pyridine rings is 1. The molecule has 5 nitrogen and oxygen atoms in total. The number of amides is 1. The summed E-state index contributed by atoms with van der Waals surface area (Å²) < 4.78 is 74.5. The van der Waals surface area contributed by atoms with Crippen LogP contribution in [0.5, 0.6) is 0 Å². The van der Waals surface area contributed by atoms with Gasteiger partial charge in [0.25, 0.3) is 5.91 Å². The highest BCUT2D eigenvalue weighted by Crippen LogP contribution is 2.40. The Kier molecular flexibility index (Phi) is 5.94. The number of hydrogen-bond acceptors (Lipinski definition) is 3. The largest absolute Gasteiger partial charge is 0.435 e. The molecule has 176 valence electrons. The first-order valence-electron chi connectivity index (χ1n) is 10.8. The summed E-state index contributed by atoms with van der Waals surface area (Å²) in [6.07, 6.45) is -2.72. The second-order valence-electron chi connectivity index (χ2n) is 9.08. The Morgan fingerprint density at radius 2 is 1.97 bits per heavy atom. The molecule has 0 atom stereocenters. The number of carbonyl (C=O) groups is 1. The van der Waals surface area contributed by atoms with Crippen LogP contribution in [0.1, 0.15) is 60.8 Å². The molecule has 1 saturated heterocycles. The van der Waals surface area contributed by atoms with E-state index in [0.717, 1.165) is 6.42 Å². The molecule has 1 aliphatic carbocycles. The SMILES string of the molecule is CCC1(CNC(=O)c2ccn3c(CC4CCC(F)(F)CC4)c(C(F)(F)F)nc3c2)COC1. The van der Waals surface area contributed by atoms with Crippen LogP contribution in [0.4, 0.5) is 22.0 Å². The summed E-state index contributed by atoms with van der Waals surface area (Å²) in [7, 11) is 0. The van der Waals surface area contributed by atoms with Gasteiger partial charge in [0.05, 0.1) is 18.9 Å². The number of ether oxygens (including phenoxy) is 1. The molecule has 32 heavy (non-hydrogen) atoms. The smallest absolute Gasteiger partial charge is 0.380 e. The van der Waals surface area contributed by atoms with Crippen LogP contribution in [0.25, 0.3) is 5.65 Å². The first-order chi connectivity index (χ1) is 15.0. The summed E-state index contributed by atoms with van der Waals surface area (Å²) in [6, 6.07) is 2.79. The van der Waals surface area contributed by atoms with Crippen molar-refractivity contribution in [2.75, 3.05) is 19.8 Å². The summed E-state index contributed by atoms with van der Waals surface area (Å²) in [5, 5.41) is 2.83. The topological polar surface area (TPSA) is 55.6 Å². The number of nitrogens with zero attached hydrogens (tertiary/aromatic N) is 2. The molecule has 1 aliphatic heterocycles. The summed E-state index contributed by atoms with van der Waals surface area (Å²) in [5.41, 5.74) is -0.944. The molecular weight excluding hydrogens is 433 g/mol. The summed E-state index contributed by atoms with van der Waals surface area (Å²) in [6.45, 7) is 3.56. The monoisotopic (exact) mass is 459 g/mol. The molecule has 10 heteroatoms. The number of imidazole rings is 1. The average molecular weight is 459 g/mol. The van der Waals surface area contributed by atoms with Gasteiger partial charge in [-0.2, -0.15) is 13.2 Å².